The molecule has 126 valence electrons. The summed E-state index contributed by atoms with van der Waals surface area (Å²) in [7, 11) is -3.57. The second-order valence-electron chi connectivity index (χ2n) is 5.44. The first-order chi connectivity index (χ1) is 10.8. The summed E-state index contributed by atoms with van der Waals surface area (Å²) in [6.07, 6.45) is 0. The van der Waals surface area contributed by atoms with Crippen LogP contribution in [0.4, 0.5) is 0 Å². The maximum atomic E-state index is 12.7. The van der Waals surface area contributed by atoms with E-state index in [0.717, 1.165) is 5.57 Å². The van der Waals surface area contributed by atoms with Crippen molar-refractivity contribution in [2.75, 3.05) is 32.7 Å². The van der Waals surface area contributed by atoms with Crippen molar-refractivity contribution in [3.8, 4) is 0 Å². The number of hydrogen-bond donors (Lipinski definition) is 1. The molecule has 0 radical (unpaired) electrons. The van der Waals surface area contributed by atoms with Crippen LogP contribution in [0, 0.1) is 0 Å². The Morgan fingerprint density at radius 1 is 1.30 bits per heavy atom. The molecule has 1 heterocycles. The Labute approximate surface area is 148 Å². The Bertz CT molecular complexity index is 698. The smallest absolute Gasteiger partial charge is 0.244 e. The first-order valence-corrected chi connectivity index (χ1v) is 9.47. The molecule has 2 rings (SSSR count). The van der Waals surface area contributed by atoms with Gasteiger partial charge in [-0.15, -0.1) is 0 Å². The zero-order valence-corrected chi connectivity index (χ0v) is 15.3. The summed E-state index contributed by atoms with van der Waals surface area (Å²) in [5.41, 5.74) is 0.993. The number of benzene rings is 1. The van der Waals surface area contributed by atoms with E-state index >= 15 is 0 Å². The van der Waals surface area contributed by atoms with Gasteiger partial charge in [0, 0.05) is 32.7 Å². The van der Waals surface area contributed by atoms with Crippen LogP contribution >= 0.6 is 23.8 Å². The van der Waals surface area contributed by atoms with Gasteiger partial charge in [0.1, 0.15) is 4.90 Å². The molecule has 1 aromatic carbocycles. The zero-order valence-electron chi connectivity index (χ0n) is 13.0. The van der Waals surface area contributed by atoms with E-state index < -0.39 is 10.0 Å². The molecule has 1 N–H and O–H groups in total. The van der Waals surface area contributed by atoms with Crippen molar-refractivity contribution in [3.63, 3.8) is 0 Å². The van der Waals surface area contributed by atoms with E-state index in [9.17, 15) is 8.42 Å². The molecule has 0 aromatic heterocycles. The van der Waals surface area contributed by atoms with Gasteiger partial charge < -0.3 is 10.2 Å². The Hall–Kier alpha value is -1.15. The Morgan fingerprint density at radius 2 is 1.91 bits per heavy atom. The predicted molar refractivity (Wildman–Crippen MR) is 97.2 cm³/mol. The minimum absolute atomic E-state index is 0.151. The summed E-state index contributed by atoms with van der Waals surface area (Å²) in [5.74, 6) is 0. The van der Waals surface area contributed by atoms with E-state index in [-0.39, 0.29) is 9.92 Å². The van der Waals surface area contributed by atoms with Gasteiger partial charge in [0.15, 0.2) is 5.11 Å². The van der Waals surface area contributed by atoms with Crippen molar-refractivity contribution < 1.29 is 8.42 Å². The molecule has 0 atom stereocenters. The number of hydrogen-bond acceptors (Lipinski definition) is 3. The number of thiocarbonyl (C=S) groups is 1. The molecule has 1 aromatic rings. The lowest BCUT2D eigenvalue weighted by Crippen LogP contribution is -2.53. The lowest BCUT2D eigenvalue weighted by atomic mass is 10.3. The fourth-order valence-electron chi connectivity index (χ4n) is 2.26. The molecular weight excluding hydrogens is 354 g/mol. The van der Waals surface area contributed by atoms with Gasteiger partial charge in [0.2, 0.25) is 10.0 Å². The van der Waals surface area contributed by atoms with Crippen molar-refractivity contribution in [3.05, 3.63) is 41.4 Å². The monoisotopic (exact) mass is 373 g/mol. The molecular formula is C15H20ClN3O2S2. The Morgan fingerprint density at radius 3 is 2.48 bits per heavy atom. The number of piperazine rings is 1. The number of halogens is 1. The molecule has 0 aliphatic carbocycles. The van der Waals surface area contributed by atoms with Crippen LogP contribution in [-0.2, 0) is 10.0 Å². The van der Waals surface area contributed by atoms with Crippen LogP contribution in [0.2, 0.25) is 5.02 Å². The second-order valence-corrected chi connectivity index (χ2v) is 8.14. The van der Waals surface area contributed by atoms with Gasteiger partial charge in [-0.05, 0) is 31.3 Å². The van der Waals surface area contributed by atoms with Crippen molar-refractivity contribution in [2.24, 2.45) is 0 Å². The van der Waals surface area contributed by atoms with Crippen LogP contribution in [0.15, 0.2) is 41.3 Å². The SMILES string of the molecule is C=C(C)CNC(=S)N1CCN(S(=O)(=O)c2ccccc2Cl)CC1. The standard InChI is InChI=1S/C15H20ClN3O2S2/c1-12(2)11-17-15(22)18-7-9-19(10-8-18)23(20,21)14-6-4-3-5-13(14)16/h3-6H,1,7-11H2,2H3,(H,17,22). The molecule has 0 bridgehead atoms. The lowest BCUT2D eigenvalue weighted by molar-refractivity contribution is 0.264. The predicted octanol–water partition coefficient (Wildman–Crippen LogP) is 2.10. The first kappa shape index (κ1) is 18.2. The summed E-state index contributed by atoms with van der Waals surface area (Å²) >= 11 is 11.3. The molecule has 0 spiro atoms. The first-order valence-electron chi connectivity index (χ1n) is 7.24. The largest absolute Gasteiger partial charge is 0.359 e. The topological polar surface area (TPSA) is 52.6 Å². The van der Waals surface area contributed by atoms with Crippen LogP contribution < -0.4 is 5.32 Å². The lowest BCUT2D eigenvalue weighted by Gasteiger charge is -2.35. The summed E-state index contributed by atoms with van der Waals surface area (Å²) < 4.78 is 26.8. The van der Waals surface area contributed by atoms with Crippen LogP contribution in [-0.4, -0.2) is 55.5 Å². The molecule has 8 heteroatoms. The Balaban J connectivity index is 2.00. The van der Waals surface area contributed by atoms with Crippen molar-refractivity contribution in [2.45, 2.75) is 11.8 Å². The van der Waals surface area contributed by atoms with Crippen molar-refractivity contribution >= 4 is 39.0 Å². The van der Waals surface area contributed by atoms with E-state index in [2.05, 4.69) is 11.9 Å². The van der Waals surface area contributed by atoms with E-state index in [4.69, 9.17) is 23.8 Å². The summed E-state index contributed by atoms with van der Waals surface area (Å²) in [5, 5.41) is 3.99. The van der Waals surface area contributed by atoms with E-state index in [1.165, 1.54) is 10.4 Å². The minimum Gasteiger partial charge on any atom is -0.359 e. The molecule has 1 fully saturated rings. The normalized spacial score (nSPS) is 16.2. The van der Waals surface area contributed by atoms with Gasteiger partial charge in [-0.25, -0.2) is 8.42 Å². The quantitative estimate of drug-likeness (QED) is 0.647. The molecule has 5 nitrogen and oxygen atoms in total. The van der Waals surface area contributed by atoms with Gasteiger partial charge >= 0.3 is 0 Å². The highest BCUT2D eigenvalue weighted by Gasteiger charge is 2.30. The van der Waals surface area contributed by atoms with Crippen molar-refractivity contribution in [1.29, 1.82) is 0 Å². The van der Waals surface area contributed by atoms with Gasteiger partial charge in [-0.3, -0.25) is 0 Å². The van der Waals surface area contributed by atoms with E-state index in [1.807, 2.05) is 11.8 Å². The molecule has 0 unspecified atom stereocenters. The zero-order chi connectivity index (χ0) is 17.0. The fourth-order valence-corrected chi connectivity index (χ4v) is 4.43. The van der Waals surface area contributed by atoms with Crippen LogP contribution in [0.1, 0.15) is 6.92 Å². The Kier molecular flexibility index (Phi) is 6.02. The number of nitrogens with zero attached hydrogens (tertiary/aromatic N) is 2. The molecule has 0 amide bonds. The molecule has 1 aliphatic rings. The second kappa shape index (κ2) is 7.61. The summed E-state index contributed by atoms with van der Waals surface area (Å²) in [6, 6.07) is 6.50. The fraction of sp³-hybridized carbons (Fsp3) is 0.400. The summed E-state index contributed by atoms with van der Waals surface area (Å²) in [4.78, 5) is 2.12. The highest BCUT2D eigenvalue weighted by Crippen LogP contribution is 2.24. The third-order valence-corrected chi connectivity index (χ3v) is 6.32. The van der Waals surface area contributed by atoms with Gasteiger partial charge in [0.05, 0.1) is 5.02 Å². The van der Waals surface area contributed by atoms with Crippen LogP contribution in [0.25, 0.3) is 0 Å². The average Bonchev–Trinajstić information content (AvgIpc) is 2.53. The van der Waals surface area contributed by atoms with E-state index in [0.29, 0.717) is 37.8 Å². The highest BCUT2D eigenvalue weighted by molar-refractivity contribution is 7.89. The van der Waals surface area contributed by atoms with Crippen molar-refractivity contribution in [1.82, 2.24) is 14.5 Å². The van der Waals surface area contributed by atoms with Gasteiger partial charge in [0.25, 0.3) is 0 Å². The molecule has 0 saturated carbocycles. The third kappa shape index (κ3) is 4.44. The number of sulfonamides is 1. The van der Waals surface area contributed by atoms with Crippen LogP contribution in [0.5, 0.6) is 0 Å². The van der Waals surface area contributed by atoms with E-state index in [1.54, 1.807) is 18.2 Å². The third-order valence-electron chi connectivity index (χ3n) is 3.52. The molecule has 23 heavy (non-hydrogen) atoms. The molecule has 1 saturated heterocycles. The maximum absolute atomic E-state index is 12.7. The average molecular weight is 374 g/mol. The van der Waals surface area contributed by atoms with Gasteiger partial charge in [-0.1, -0.05) is 35.9 Å². The number of rotatable bonds is 4. The molecule has 1 aliphatic heterocycles. The minimum atomic E-state index is -3.57. The highest BCUT2D eigenvalue weighted by atomic mass is 35.5. The van der Waals surface area contributed by atoms with Crippen LogP contribution in [0.3, 0.4) is 0 Å². The number of nitrogens with one attached hydrogen (secondary N) is 1. The summed E-state index contributed by atoms with van der Waals surface area (Å²) in [6.45, 7) is 8.21. The van der Waals surface area contributed by atoms with Gasteiger partial charge in [-0.2, -0.15) is 4.31 Å². The maximum Gasteiger partial charge on any atom is 0.244 e.